The smallest absolute Gasteiger partial charge is 0.268 e. The summed E-state index contributed by atoms with van der Waals surface area (Å²) < 4.78 is 27.3. The first-order chi connectivity index (χ1) is 13.4. The molecule has 0 amide bonds. The molecule has 3 aromatic rings. The summed E-state index contributed by atoms with van der Waals surface area (Å²) in [6.07, 6.45) is 2.48. The Labute approximate surface area is 161 Å². The van der Waals surface area contributed by atoms with Gasteiger partial charge in [-0.15, -0.1) is 0 Å². The molecule has 1 aliphatic carbocycles. The third-order valence-electron chi connectivity index (χ3n) is 4.47. The monoisotopic (exact) mass is 388 g/mol. The van der Waals surface area contributed by atoms with E-state index in [4.69, 9.17) is 0 Å². The van der Waals surface area contributed by atoms with Gasteiger partial charge < -0.3 is 0 Å². The number of aromatic nitrogens is 1. The summed E-state index contributed by atoms with van der Waals surface area (Å²) in [7, 11) is -4.04. The molecule has 6 nitrogen and oxygen atoms in total. The number of nitrogens with zero attached hydrogens (tertiary/aromatic N) is 2. The van der Waals surface area contributed by atoms with Crippen molar-refractivity contribution in [1.29, 1.82) is 5.26 Å². The quantitative estimate of drug-likeness (QED) is 0.643. The van der Waals surface area contributed by atoms with Crippen LogP contribution in [0.25, 0.3) is 17.2 Å². The van der Waals surface area contributed by atoms with E-state index in [1.165, 1.54) is 18.3 Å². The molecule has 1 aliphatic rings. The number of fused-ring (bicyclic) bond motifs is 1. The molecule has 4 rings (SSSR count). The number of benzene rings is 2. The lowest BCUT2D eigenvalue weighted by atomic mass is 9.91. The lowest BCUT2D eigenvalue weighted by Gasteiger charge is -2.12. The number of carbonyl (C=O) groups excluding carboxylic acids is 2. The van der Waals surface area contributed by atoms with Crippen LogP contribution in [0.15, 0.2) is 77.3 Å². The first-order valence-electron chi connectivity index (χ1n) is 8.27. The Balaban J connectivity index is 2.07. The topological polar surface area (TPSA) is 97.0 Å². The highest BCUT2D eigenvalue weighted by molar-refractivity contribution is 7.90. The molecule has 0 aliphatic heterocycles. The summed E-state index contributed by atoms with van der Waals surface area (Å²) in [4.78, 5) is 25.0. The Morgan fingerprint density at radius 1 is 0.857 bits per heavy atom. The molecule has 136 valence electrons. The molecule has 0 unspecified atom stereocenters. The molecule has 1 aromatic heterocycles. The zero-order valence-electron chi connectivity index (χ0n) is 14.4. The van der Waals surface area contributed by atoms with E-state index >= 15 is 0 Å². The van der Waals surface area contributed by atoms with Gasteiger partial charge in [-0.2, -0.15) is 5.26 Å². The van der Waals surface area contributed by atoms with Crippen molar-refractivity contribution in [3.05, 3.63) is 83.7 Å². The predicted octanol–water partition coefficient (Wildman–Crippen LogP) is 3.06. The van der Waals surface area contributed by atoms with Crippen LogP contribution in [0.3, 0.4) is 0 Å². The average molecular weight is 388 g/mol. The molecule has 0 saturated carbocycles. The van der Waals surface area contributed by atoms with Crippen LogP contribution in [0.5, 0.6) is 0 Å². The summed E-state index contributed by atoms with van der Waals surface area (Å²) in [5.74, 6) is -1.84. The van der Waals surface area contributed by atoms with Crippen molar-refractivity contribution in [3.8, 4) is 17.2 Å². The lowest BCUT2D eigenvalue weighted by molar-refractivity contribution is -0.111. The second-order valence-electron chi connectivity index (χ2n) is 6.11. The normalized spacial score (nSPS) is 13.6. The summed E-state index contributed by atoms with van der Waals surface area (Å²) >= 11 is 0. The van der Waals surface area contributed by atoms with Gasteiger partial charge in [0.25, 0.3) is 10.0 Å². The van der Waals surface area contributed by atoms with E-state index in [0.29, 0.717) is 11.1 Å². The maximum absolute atomic E-state index is 13.2. The number of hydrogen-bond acceptors (Lipinski definition) is 5. The van der Waals surface area contributed by atoms with Gasteiger partial charge in [-0.1, -0.05) is 48.5 Å². The second kappa shape index (κ2) is 6.44. The van der Waals surface area contributed by atoms with E-state index in [1.807, 2.05) is 0 Å². The van der Waals surface area contributed by atoms with E-state index in [0.717, 1.165) is 10.0 Å². The molecule has 0 spiro atoms. The molecule has 1 heterocycles. The highest BCUT2D eigenvalue weighted by Crippen LogP contribution is 2.35. The average Bonchev–Trinajstić information content (AvgIpc) is 3.12. The van der Waals surface area contributed by atoms with Gasteiger partial charge >= 0.3 is 0 Å². The maximum atomic E-state index is 13.2. The number of nitriles is 1. The minimum atomic E-state index is -4.04. The van der Waals surface area contributed by atoms with Gasteiger partial charge in [0.2, 0.25) is 11.6 Å². The Kier molecular flexibility index (Phi) is 4.06. The molecule has 28 heavy (non-hydrogen) atoms. The molecule has 0 saturated heterocycles. The number of carbonyl (C=O) groups is 2. The second-order valence-corrected chi connectivity index (χ2v) is 7.93. The zero-order valence-corrected chi connectivity index (χ0v) is 15.2. The Hall–Kier alpha value is -3.76. The Bertz CT molecular complexity index is 1300. The number of allylic oxidation sites excluding steroid dienone is 1. The van der Waals surface area contributed by atoms with E-state index in [-0.39, 0.29) is 21.7 Å². The highest BCUT2D eigenvalue weighted by atomic mass is 32.2. The van der Waals surface area contributed by atoms with Crippen molar-refractivity contribution >= 4 is 27.7 Å². The fourth-order valence-corrected chi connectivity index (χ4v) is 4.51. The predicted molar refractivity (Wildman–Crippen MR) is 102 cm³/mol. The van der Waals surface area contributed by atoms with Gasteiger partial charge in [0.05, 0.1) is 16.2 Å². The van der Waals surface area contributed by atoms with E-state index in [9.17, 15) is 23.3 Å². The third-order valence-corrected chi connectivity index (χ3v) is 6.16. The van der Waals surface area contributed by atoms with Crippen molar-refractivity contribution < 1.29 is 18.0 Å². The maximum Gasteiger partial charge on any atom is 0.268 e. The largest absolute Gasteiger partial charge is 0.285 e. The number of ketones is 2. The van der Waals surface area contributed by atoms with Gasteiger partial charge in [0.15, 0.2) is 0 Å². The van der Waals surface area contributed by atoms with Crippen LogP contribution in [0.2, 0.25) is 0 Å². The van der Waals surface area contributed by atoms with Crippen LogP contribution in [0, 0.1) is 11.3 Å². The van der Waals surface area contributed by atoms with Gasteiger partial charge in [-0.3, -0.25) is 9.59 Å². The first-order valence-corrected chi connectivity index (χ1v) is 9.71. The van der Waals surface area contributed by atoms with Crippen molar-refractivity contribution in [3.63, 3.8) is 0 Å². The molecular formula is C21H12N2O4S. The number of hydrogen-bond donors (Lipinski definition) is 0. The molecule has 0 fully saturated rings. The third kappa shape index (κ3) is 2.59. The van der Waals surface area contributed by atoms with Crippen LogP contribution in [-0.2, 0) is 14.8 Å². The molecule has 0 N–H and O–H groups in total. The van der Waals surface area contributed by atoms with E-state index < -0.39 is 21.6 Å². The summed E-state index contributed by atoms with van der Waals surface area (Å²) in [5.41, 5.74) is 0.510. The molecular weight excluding hydrogens is 376 g/mol. The standard InChI is InChI=1S/C21H12N2O4S/c22-12-15-11-18-19(21(25)20(15)24)17(14-7-3-1-4-8-14)13-23(18)28(26,27)16-9-5-2-6-10-16/h1-11,13H. The number of rotatable bonds is 3. The van der Waals surface area contributed by atoms with Crippen LogP contribution in [-0.4, -0.2) is 24.0 Å². The Morgan fingerprint density at radius 3 is 2.07 bits per heavy atom. The Morgan fingerprint density at radius 2 is 1.46 bits per heavy atom. The fraction of sp³-hybridized carbons (Fsp3) is 0. The van der Waals surface area contributed by atoms with Crippen LogP contribution >= 0.6 is 0 Å². The summed E-state index contributed by atoms with van der Waals surface area (Å²) in [6, 6.07) is 18.1. The molecule has 0 bridgehead atoms. The minimum absolute atomic E-state index is 0.00357. The highest BCUT2D eigenvalue weighted by Gasteiger charge is 2.36. The molecule has 0 atom stereocenters. The lowest BCUT2D eigenvalue weighted by Crippen LogP contribution is -2.23. The van der Waals surface area contributed by atoms with E-state index in [1.54, 1.807) is 54.6 Å². The molecule has 0 radical (unpaired) electrons. The fourth-order valence-electron chi connectivity index (χ4n) is 3.14. The van der Waals surface area contributed by atoms with Gasteiger partial charge in [-0.25, -0.2) is 12.4 Å². The number of Topliss-reactive ketones (excluding diaryl/α,β-unsaturated/α-hetero) is 2. The van der Waals surface area contributed by atoms with E-state index in [2.05, 4.69) is 0 Å². The van der Waals surface area contributed by atoms with Crippen molar-refractivity contribution in [2.45, 2.75) is 4.90 Å². The summed E-state index contributed by atoms with van der Waals surface area (Å²) in [5, 5.41) is 9.19. The molecule has 2 aromatic carbocycles. The van der Waals surface area contributed by atoms with Crippen LogP contribution < -0.4 is 0 Å². The minimum Gasteiger partial charge on any atom is -0.285 e. The first kappa shape index (κ1) is 17.6. The van der Waals surface area contributed by atoms with Crippen molar-refractivity contribution in [2.24, 2.45) is 0 Å². The zero-order chi connectivity index (χ0) is 19.9. The molecule has 7 heteroatoms. The van der Waals surface area contributed by atoms with Crippen LogP contribution in [0.1, 0.15) is 16.1 Å². The summed E-state index contributed by atoms with van der Waals surface area (Å²) in [6.45, 7) is 0. The van der Waals surface area contributed by atoms with Crippen molar-refractivity contribution in [2.75, 3.05) is 0 Å². The van der Waals surface area contributed by atoms with Crippen molar-refractivity contribution in [1.82, 2.24) is 3.97 Å². The van der Waals surface area contributed by atoms with Gasteiger partial charge in [-0.05, 0) is 23.8 Å². The van der Waals surface area contributed by atoms with Gasteiger partial charge in [0, 0.05) is 11.8 Å². The SMILES string of the molecule is N#CC1=Cc2c(c(-c3ccccc3)cn2S(=O)(=O)c2ccccc2)C(=O)C1=O. The van der Waals surface area contributed by atoms with Crippen LogP contribution in [0.4, 0.5) is 0 Å². The van der Waals surface area contributed by atoms with Gasteiger partial charge in [0.1, 0.15) is 11.6 Å².